The molecule has 2 nitrogen and oxygen atoms in total. The second-order valence-electron chi connectivity index (χ2n) is 2.89. The Kier molecular flexibility index (Phi) is 2.87. The Morgan fingerprint density at radius 3 is 2.90 bits per heavy atom. The Hall–Kier alpha value is -0.370. The van der Waals surface area contributed by atoms with Gasteiger partial charge in [-0.1, -0.05) is 0 Å². The van der Waals surface area contributed by atoms with Gasteiger partial charge in [-0.3, -0.25) is 4.79 Å². The number of ether oxygens (including phenoxy) is 1. The van der Waals surface area contributed by atoms with Gasteiger partial charge in [0.2, 0.25) is 0 Å². The van der Waals surface area contributed by atoms with Gasteiger partial charge in [0.1, 0.15) is 5.78 Å². The van der Waals surface area contributed by atoms with Crippen molar-refractivity contribution in [1.29, 1.82) is 0 Å². The fourth-order valence-electron chi connectivity index (χ4n) is 1.29. The molecule has 1 aliphatic heterocycles. The van der Waals surface area contributed by atoms with E-state index in [1.165, 1.54) is 6.42 Å². The quantitative estimate of drug-likeness (QED) is 0.584. The van der Waals surface area contributed by atoms with Crippen LogP contribution >= 0.6 is 0 Å². The van der Waals surface area contributed by atoms with E-state index in [1.807, 2.05) is 0 Å². The average molecular weight is 142 g/mol. The predicted molar refractivity (Wildman–Crippen MR) is 38.9 cm³/mol. The summed E-state index contributed by atoms with van der Waals surface area (Å²) in [7, 11) is 0. The average Bonchev–Trinajstić information content (AvgIpc) is 1.88. The van der Waals surface area contributed by atoms with Crippen LogP contribution in [0, 0.1) is 0 Å². The van der Waals surface area contributed by atoms with Crippen molar-refractivity contribution in [2.45, 2.75) is 38.7 Å². The standard InChI is InChI=1S/C8H14O2/c1-7(9)6-8-4-2-3-5-10-8/h8H,2-6H2,1H3. The van der Waals surface area contributed by atoms with Crippen LogP contribution in [0.2, 0.25) is 0 Å². The SMILES string of the molecule is CC(=O)CC1CCCCO1. The van der Waals surface area contributed by atoms with Gasteiger partial charge in [-0.05, 0) is 26.2 Å². The first-order chi connectivity index (χ1) is 4.79. The first kappa shape index (κ1) is 7.73. The molecule has 1 atom stereocenters. The molecule has 10 heavy (non-hydrogen) atoms. The van der Waals surface area contributed by atoms with Gasteiger partial charge in [0.05, 0.1) is 6.10 Å². The molecule has 58 valence electrons. The summed E-state index contributed by atoms with van der Waals surface area (Å²) in [5.41, 5.74) is 0. The van der Waals surface area contributed by atoms with E-state index in [1.54, 1.807) is 6.92 Å². The number of carbonyl (C=O) groups excluding carboxylic acids is 1. The van der Waals surface area contributed by atoms with Crippen LogP contribution in [0.1, 0.15) is 32.6 Å². The number of Topliss-reactive ketones (excluding diaryl/α,β-unsaturated/α-hetero) is 1. The van der Waals surface area contributed by atoms with E-state index in [0.717, 1.165) is 19.4 Å². The minimum atomic E-state index is 0.228. The monoisotopic (exact) mass is 142 g/mol. The molecule has 0 aliphatic carbocycles. The van der Waals surface area contributed by atoms with Crippen LogP contribution in [-0.4, -0.2) is 18.5 Å². The fourth-order valence-corrected chi connectivity index (χ4v) is 1.29. The third kappa shape index (κ3) is 2.48. The van der Waals surface area contributed by atoms with Gasteiger partial charge in [-0.25, -0.2) is 0 Å². The maximum Gasteiger partial charge on any atom is 0.132 e. The van der Waals surface area contributed by atoms with E-state index >= 15 is 0 Å². The lowest BCUT2D eigenvalue weighted by molar-refractivity contribution is -0.120. The Labute approximate surface area is 61.6 Å². The van der Waals surface area contributed by atoms with Crippen molar-refractivity contribution in [2.24, 2.45) is 0 Å². The van der Waals surface area contributed by atoms with Gasteiger partial charge < -0.3 is 4.74 Å². The highest BCUT2D eigenvalue weighted by Gasteiger charge is 2.14. The number of hydrogen-bond acceptors (Lipinski definition) is 2. The molecule has 2 heteroatoms. The summed E-state index contributed by atoms with van der Waals surface area (Å²) in [5, 5.41) is 0. The van der Waals surface area contributed by atoms with E-state index in [0.29, 0.717) is 6.42 Å². The summed E-state index contributed by atoms with van der Waals surface area (Å²) in [6.45, 7) is 2.47. The zero-order valence-corrected chi connectivity index (χ0v) is 6.43. The molecule has 0 bridgehead atoms. The molecular weight excluding hydrogens is 128 g/mol. The van der Waals surface area contributed by atoms with Crippen LogP contribution in [0.15, 0.2) is 0 Å². The van der Waals surface area contributed by atoms with Gasteiger partial charge in [0.25, 0.3) is 0 Å². The normalized spacial score (nSPS) is 26.3. The lowest BCUT2D eigenvalue weighted by Gasteiger charge is -2.20. The van der Waals surface area contributed by atoms with Crippen molar-refractivity contribution < 1.29 is 9.53 Å². The number of rotatable bonds is 2. The molecule has 1 heterocycles. The molecule has 0 N–H and O–H groups in total. The maximum atomic E-state index is 10.6. The number of carbonyl (C=O) groups is 1. The highest BCUT2D eigenvalue weighted by Crippen LogP contribution is 2.15. The third-order valence-corrected chi connectivity index (χ3v) is 1.79. The zero-order valence-electron chi connectivity index (χ0n) is 6.43. The van der Waals surface area contributed by atoms with Crippen molar-refractivity contribution in [3.8, 4) is 0 Å². The molecule has 1 rings (SSSR count). The lowest BCUT2D eigenvalue weighted by Crippen LogP contribution is -2.21. The van der Waals surface area contributed by atoms with Crippen LogP contribution < -0.4 is 0 Å². The van der Waals surface area contributed by atoms with E-state index in [-0.39, 0.29) is 11.9 Å². The van der Waals surface area contributed by atoms with Crippen molar-refractivity contribution in [2.75, 3.05) is 6.61 Å². The zero-order chi connectivity index (χ0) is 7.40. The molecule has 0 aromatic carbocycles. The molecule has 0 saturated carbocycles. The summed E-state index contributed by atoms with van der Waals surface area (Å²) in [6.07, 6.45) is 4.29. The summed E-state index contributed by atoms with van der Waals surface area (Å²) in [6, 6.07) is 0. The summed E-state index contributed by atoms with van der Waals surface area (Å²) >= 11 is 0. The Morgan fingerprint density at radius 2 is 2.40 bits per heavy atom. The molecular formula is C8H14O2. The Balaban J connectivity index is 2.19. The molecule has 0 spiro atoms. The minimum Gasteiger partial charge on any atom is -0.378 e. The second kappa shape index (κ2) is 3.71. The first-order valence-corrected chi connectivity index (χ1v) is 3.90. The van der Waals surface area contributed by atoms with E-state index in [9.17, 15) is 4.79 Å². The van der Waals surface area contributed by atoms with E-state index in [2.05, 4.69) is 0 Å². The number of hydrogen-bond donors (Lipinski definition) is 0. The molecule has 1 unspecified atom stereocenters. The highest BCUT2D eigenvalue weighted by atomic mass is 16.5. The smallest absolute Gasteiger partial charge is 0.132 e. The summed E-state index contributed by atoms with van der Waals surface area (Å²) < 4.78 is 5.37. The van der Waals surface area contributed by atoms with Crippen LogP contribution in [-0.2, 0) is 9.53 Å². The molecule has 1 fully saturated rings. The largest absolute Gasteiger partial charge is 0.378 e. The van der Waals surface area contributed by atoms with Crippen molar-refractivity contribution in [3.63, 3.8) is 0 Å². The van der Waals surface area contributed by atoms with Gasteiger partial charge >= 0.3 is 0 Å². The molecule has 1 saturated heterocycles. The first-order valence-electron chi connectivity index (χ1n) is 3.90. The van der Waals surface area contributed by atoms with E-state index < -0.39 is 0 Å². The van der Waals surface area contributed by atoms with Gasteiger partial charge in [-0.2, -0.15) is 0 Å². The Bertz CT molecular complexity index is 114. The molecule has 0 amide bonds. The van der Waals surface area contributed by atoms with E-state index in [4.69, 9.17) is 4.74 Å². The predicted octanol–water partition coefficient (Wildman–Crippen LogP) is 1.53. The minimum absolute atomic E-state index is 0.228. The molecule has 1 aliphatic rings. The van der Waals surface area contributed by atoms with Crippen molar-refractivity contribution in [1.82, 2.24) is 0 Å². The fraction of sp³-hybridized carbons (Fsp3) is 0.875. The van der Waals surface area contributed by atoms with Crippen LogP contribution in [0.5, 0.6) is 0 Å². The molecule has 0 aromatic rings. The van der Waals surface area contributed by atoms with Gasteiger partial charge in [0.15, 0.2) is 0 Å². The highest BCUT2D eigenvalue weighted by molar-refractivity contribution is 5.75. The second-order valence-corrected chi connectivity index (χ2v) is 2.89. The van der Waals surface area contributed by atoms with Crippen LogP contribution in [0.3, 0.4) is 0 Å². The Morgan fingerprint density at radius 1 is 1.60 bits per heavy atom. The van der Waals surface area contributed by atoms with Crippen LogP contribution in [0.25, 0.3) is 0 Å². The third-order valence-electron chi connectivity index (χ3n) is 1.79. The molecule has 0 radical (unpaired) electrons. The number of ketones is 1. The topological polar surface area (TPSA) is 26.3 Å². The van der Waals surface area contributed by atoms with Gasteiger partial charge in [0, 0.05) is 13.0 Å². The maximum absolute atomic E-state index is 10.6. The summed E-state index contributed by atoms with van der Waals surface area (Å²) in [5.74, 6) is 0.243. The van der Waals surface area contributed by atoms with Crippen LogP contribution in [0.4, 0.5) is 0 Å². The molecule has 0 aromatic heterocycles. The van der Waals surface area contributed by atoms with Crippen molar-refractivity contribution in [3.05, 3.63) is 0 Å². The van der Waals surface area contributed by atoms with Crippen molar-refractivity contribution >= 4 is 5.78 Å². The van der Waals surface area contributed by atoms with Gasteiger partial charge in [-0.15, -0.1) is 0 Å². The lowest BCUT2D eigenvalue weighted by atomic mass is 10.1. The summed E-state index contributed by atoms with van der Waals surface area (Å²) in [4.78, 5) is 10.6.